The molecule has 2 bridgehead atoms. The minimum Gasteiger partial charge on any atom is -0.395 e. The summed E-state index contributed by atoms with van der Waals surface area (Å²) >= 11 is 6.63. The standard InChI is InChI=1S/C17H30ClN5O3/c1-22-10(9-24)3-2-8-26-12-6-7-19-15-14(12)23(17(25)21-15)13-5-4-11(18)16(22)20-13/h10-16,19-20,24H,2-9H2,1H3,(H,21,25). The van der Waals surface area contributed by atoms with Crippen LogP contribution in [0.15, 0.2) is 0 Å². The van der Waals surface area contributed by atoms with E-state index in [1.165, 1.54) is 0 Å². The van der Waals surface area contributed by atoms with Crippen LogP contribution in [0, 0.1) is 0 Å². The summed E-state index contributed by atoms with van der Waals surface area (Å²) in [6.45, 7) is 1.57. The van der Waals surface area contributed by atoms with Gasteiger partial charge in [0.05, 0.1) is 36.5 Å². The smallest absolute Gasteiger partial charge is 0.320 e. The number of alkyl halides is 1. The molecule has 0 aromatic carbocycles. The number of aliphatic hydroxyl groups is 1. The Morgan fingerprint density at radius 1 is 1.31 bits per heavy atom. The molecule has 0 radical (unpaired) electrons. The zero-order chi connectivity index (χ0) is 18.3. The molecule has 0 aromatic heterocycles. The molecule has 0 aromatic rings. The normalized spacial score (nSPS) is 44.7. The average Bonchev–Trinajstić information content (AvgIpc) is 2.97. The van der Waals surface area contributed by atoms with Crippen LogP contribution < -0.4 is 16.0 Å². The number of hydrogen-bond acceptors (Lipinski definition) is 6. The molecular formula is C17H30ClN5O3. The Kier molecular flexibility index (Phi) is 5.59. The molecule has 0 saturated carbocycles. The molecule has 0 aliphatic carbocycles. The van der Waals surface area contributed by atoms with Crippen LogP contribution in [-0.2, 0) is 4.74 Å². The van der Waals surface area contributed by atoms with Crippen molar-refractivity contribution in [1.29, 1.82) is 0 Å². The lowest BCUT2D eigenvalue weighted by atomic mass is 9.97. The van der Waals surface area contributed by atoms with Crippen LogP contribution in [0.3, 0.4) is 0 Å². The number of nitrogens with zero attached hydrogens (tertiary/aromatic N) is 2. The molecular weight excluding hydrogens is 358 g/mol. The molecule has 2 amide bonds. The summed E-state index contributed by atoms with van der Waals surface area (Å²) in [4.78, 5) is 16.8. The molecule has 0 spiro atoms. The number of ether oxygens (including phenoxy) is 1. The first-order chi connectivity index (χ1) is 12.6. The number of carbonyl (C=O) groups is 1. The maximum Gasteiger partial charge on any atom is 0.320 e. The highest BCUT2D eigenvalue weighted by Gasteiger charge is 2.50. The van der Waals surface area contributed by atoms with E-state index in [2.05, 4.69) is 20.9 Å². The van der Waals surface area contributed by atoms with Gasteiger partial charge in [0.25, 0.3) is 0 Å². The van der Waals surface area contributed by atoms with Crippen LogP contribution in [-0.4, -0.2) is 89.8 Å². The molecule has 4 saturated heterocycles. The molecule has 4 rings (SSSR count). The van der Waals surface area contributed by atoms with Crippen molar-refractivity contribution >= 4 is 17.6 Å². The molecule has 9 heteroatoms. The number of likely N-dealkylation sites (N-methyl/N-ethyl adjacent to an activating group) is 1. The lowest BCUT2D eigenvalue weighted by Gasteiger charge is -2.48. The first-order valence-corrected chi connectivity index (χ1v) is 10.2. The van der Waals surface area contributed by atoms with E-state index in [9.17, 15) is 9.90 Å². The number of carbonyl (C=O) groups excluding carboxylic acids is 1. The summed E-state index contributed by atoms with van der Waals surface area (Å²) in [6, 6.07) is -0.0372. The summed E-state index contributed by atoms with van der Waals surface area (Å²) in [5.41, 5.74) is 0. The lowest BCUT2D eigenvalue weighted by molar-refractivity contribution is -0.0533. The first-order valence-electron chi connectivity index (χ1n) is 9.77. The van der Waals surface area contributed by atoms with Gasteiger partial charge < -0.3 is 20.1 Å². The van der Waals surface area contributed by atoms with Gasteiger partial charge in [-0.05, 0) is 45.7 Å². The number of rotatable bonds is 1. The number of aliphatic hydroxyl groups excluding tert-OH is 1. The Balaban J connectivity index is 1.63. The Labute approximate surface area is 159 Å². The van der Waals surface area contributed by atoms with E-state index in [1.54, 1.807) is 0 Å². The molecule has 4 heterocycles. The lowest BCUT2D eigenvalue weighted by Crippen LogP contribution is -2.67. The van der Waals surface area contributed by atoms with Gasteiger partial charge in [-0.2, -0.15) is 0 Å². The van der Waals surface area contributed by atoms with Crippen molar-refractivity contribution in [3.63, 3.8) is 0 Å². The first kappa shape index (κ1) is 18.7. The van der Waals surface area contributed by atoms with Crippen LogP contribution in [0.25, 0.3) is 0 Å². The topological polar surface area (TPSA) is 89.1 Å². The van der Waals surface area contributed by atoms with Gasteiger partial charge in [-0.1, -0.05) is 0 Å². The third-order valence-corrected chi connectivity index (χ3v) is 6.80. The molecule has 7 atom stereocenters. The fourth-order valence-electron chi connectivity index (χ4n) is 4.89. The van der Waals surface area contributed by atoms with Crippen molar-refractivity contribution in [2.45, 2.75) is 74.2 Å². The van der Waals surface area contributed by atoms with E-state index in [-0.39, 0.29) is 54.7 Å². The zero-order valence-corrected chi connectivity index (χ0v) is 16.0. The van der Waals surface area contributed by atoms with E-state index in [1.807, 2.05) is 11.9 Å². The Morgan fingerprint density at radius 3 is 2.96 bits per heavy atom. The van der Waals surface area contributed by atoms with Crippen molar-refractivity contribution in [3.8, 4) is 0 Å². The second-order valence-electron chi connectivity index (χ2n) is 7.84. The molecule has 4 aliphatic rings. The molecule has 4 aliphatic heterocycles. The maximum atomic E-state index is 12.7. The van der Waals surface area contributed by atoms with Gasteiger partial charge in [0.2, 0.25) is 0 Å². The van der Waals surface area contributed by atoms with Gasteiger partial charge in [0.15, 0.2) is 0 Å². The number of hydrogen-bond donors (Lipinski definition) is 4. The van der Waals surface area contributed by atoms with E-state index in [0.717, 1.165) is 38.6 Å². The Hall–Kier alpha value is -0.640. The maximum absolute atomic E-state index is 12.7. The molecule has 7 unspecified atom stereocenters. The van der Waals surface area contributed by atoms with Crippen LogP contribution in [0.5, 0.6) is 0 Å². The SMILES string of the molecule is CN1C(CO)CCCOC2CCNC3NC(=O)N(C4CCC(Cl)C1N4)C32. The van der Waals surface area contributed by atoms with Gasteiger partial charge in [0, 0.05) is 12.6 Å². The van der Waals surface area contributed by atoms with E-state index >= 15 is 0 Å². The van der Waals surface area contributed by atoms with E-state index < -0.39 is 0 Å². The summed E-state index contributed by atoms with van der Waals surface area (Å²) in [7, 11) is 2.00. The van der Waals surface area contributed by atoms with Crippen molar-refractivity contribution in [2.24, 2.45) is 0 Å². The summed E-state index contributed by atoms with van der Waals surface area (Å²) < 4.78 is 6.21. The van der Waals surface area contributed by atoms with Crippen molar-refractivity contribution in [2.75, 3.05) is 26.8 Å². The van der Waals surface area contributed by atoms with Crippen LogP contribution in [0.2, 0.25) is 0 Å². The Bertz CT molecular complexity index is 527. The fraction of sp³-hybridized carbons (Fsp3) is 0.941. The van der Waals surface area contributed by atoms with Crippen molar-refractivity contribution < 1.29 is 14.6 Å². The van der Waals surface area contributed by atoms with Gasteiger partial charge in [-0.25, -0.2) is 4.79 Å². The highest BCUT2D eigenvalue weighted by Crippen LogP contribution is 2.31. The zero-order valence-electron chi connectivity index (χ0n) is 15.2. The molecule has 26 heavy (non-hydrogen) atoms. The number of amides is 2. The number of fused-ring (bicyclic) bond motifs is 3. The van der Waals surface area contributed by atoms with Crippen LogP contribution >= 0.6 is 11.6 Å². The predicted octanol–water partition coefficient (Wildman–Crippen LogP) is -0.186. The minimum atomic E-state index is -0.0859. The van der Waals surface area contributed by atoms with Gasteiger partial charge in [0.1, 0.15) is 6.17 Å². The molecule has 148 valence electrons. The second kappa shape index (κ2) is 7.77. The van der Waals surface area contributed by atoms with Crippen LogP contribution in [0.1, 0.15) is 32.1 Å². The minimum absolute atomic E-state index is 0.0142. The molecule has 4 fully saturated rings. The van der Waals surface area contributed by atoms with Gasteiger partial charge in [-0.15, -0.1) is 11.6 Å². The van der Waals surface area contributed by atoms with Crippen molar-refractivity contribution in [3.05, 3.63) is 0 Å². The quantitative estimate of drug-likeness (QED) is 0.467. The van der Waals surface area contributed by atoms with E-state index in [0.29, 0.717) is 6.61 Å². The summed E-state index contributed by atoms with van der Waals surface area (Å²) in [5.74, 6) is 0. The largest absolute Gasteiger partial charge is 0.395 e. The molecule has 4 N–H and O–H groups in total. The number of nitrogens with one attached hydrogen (secondary N) is 3. The monoisotopic (exact) mass is 387 g/mol. The molecule has 8 nitrogen and oxygen atoms in total. The Morgan fingerprint density at radius 2 is 2.15 bits per heavy atom. The third kappa shape index (κ3) is 3.31. The van der Waals surface area contributed by atoms with Crippen molar-refractivity contribution in [1.82, 2.24) is 25.8 Å². The summed E-state index contributed by atoms with van der Waals surface area (Å²) in [5, 5.41) is 19.9. The number of urea groups is 1. The second-order valence-corrected chi connectivity index (χ2v) is 8.40. The van der Waals surface area contributed by atoms with Crippen LogP contribution in [0.4, 0.5) is 4.79 Å². The summed E-state index contributed by atoms with van der Waals surface area (Å²) in [6.07, 6.45) is 4.07. The number of piperidine rings is 2. The average molecular weight is 388 g/mol. The highest BCUT2D eigenvalue weighted by atomic mass is 35.5. The van der Waals surface area contributed by atoms with Gasteiger partial charge >= 0.3 is 6.03 Å². The predicted molar refractivity (Wildman–Crippen MR) is 97.8 cm³/mol. The number of halogens is 1. The van der Waals surface area contributed by atoms with Gasteiger partial charge in [-0.3, -0.25) is 15.5 Å². The fourth-order valence-corrected chi connectivity index (χ4v) is 5.27. The van der Waals surface area contributed by atoms with E-state index in [4.69, 9.17) is 16.3 Å². The third-order valence-electron chi connectivity index (χ3n) is 6.35. The highest BCUT2D eigenvalue weighted by molar-refractivity contribution is 6.21.